The first-order valence-electron chi connectivity index (χ1n) is 9.90. The Bertz CT molecular complexity index is 1120. The number of carbonyl (C=O) groups excluding carboxylic acids is 1. The van der Waals surface area contributed by atoms with E-state index < -0.39 is 11.7 Å². The number of hydrogen-bond donors (Lipinski definition) is 0. The molecule has 9 heteroatoms. The van der Waals surface area contributed by atoms with Gasteiger partial charge in [0.05, 0.1) is 11.3 Å². The van der Waals surface area contributed by atoms with Gasteiger partial charge in [0.2, 0.25) is 5.91 Å². The second-order valence-electron chi connectivity index (χ2n) is 7.28. The predicted octanol–water partition coefficient (Wildman–Crippen LogP) is 5.33. The summed E-state index contributed by atoms with van der Waals surface area (Å²) in [5.41, 5.74) is 1.25. The lowest BCUT2D eigenvalue weighted by Crippen LogP contribution is -2.48. The molecule has 166 valence electrons. The van der Waals surface area contributed by atoms with Gasteiger partial charge in [-0.3, -0.25) is 4.79 Å². The zero-order valence-electron chi connectivity index (χ0n) is 16.8. The van der Waals surface area contributed by atoms with Gasteiger partial charge in [0, 0.05) is 48.9 Å². The molecule has 32 heavy (non-hydrogen) atoms. The molecule has 1 amide bonds. The summed E-state index contributed by atoms with van der Waals surface area (Å²) in [5, 5.41) is 2.54. The number of amides is 1. The van der Waals surface area contributed by atoms with Crippen molar-refractivity contribution in [3.63, 3.8) is 0 Å². The normalized spacial score (nSPS) is 14.9. The summed E-state index contributed by atoms with van der Waals surface area (Å²) >= 11 is 1.40. The highest BCUT2D eigenvalue weighted by atomic mass is 32.1. The minimum Gasteiger partial charge on any atom is -0.368 e. The van der Waals surface area contributed by atoms with Crippen molar-refractivity contribution in [3.05, 3.63) is 77.1 Å². The zero-order valence-corrected chi connectivity index (χ0v) is 17.7. The molecule has 0 N–H and O–H groups in total. The van der Waals surface area contributed by atoms with Crippen molar-refractivity contribution in [2.75, 3.05) is 31.1 Å². The topological polar surface area (TPSA) is 36.4 Å². The van der Waals surface area contributed by atoms with E-state index in [0.29, 0.717) is 37.6 Å². The third-order valence-electron chi connectivity index (χ3n) is 5.14. The number of halogens is 4. The first-order chi connectivity index (χ1) is 15.3. The van der Waals surface area contributed by atoms with E-state index in [2.05, 4.69) is 4.98 Å². The van der Waals surface area contributed by atoms with Gasteiger partial charge in [0.1, 0.15) is 10.8 Å². The van der Waals surface area contributed by atoms with Crippen LogP contribution in [0.25, 0.3) is 16.6 Å². The van der Waals surface area contributed by atoms with E-state index in [1.165, 1.54) is 35.6 Å². The number of alkyl halides is 3. The van der Waals surface area contributed by atoms with E-state index in [1.807, 2.05) is 10.3 Å². The number of thiazole rings is 1. The van der Waals surface area contributed by atoms with Crippen molar-refractivity contribution >= 4 is 29.0 Å². The average Bonchev–Trinajstić information content (AvgIpc) is 3.27. The number of rotatable bonds is 4. The summed E-state index contributed by atoms with van der Waals surface area (Å²) in [6, 6.07) is 11.3. The van der Waals surface area contributed by atoms with Crippen LogP contribution < -0.4 is 4.90 Å². The Morgan fingerprint density at radius 1 is 1.03 bits per heavy atom. The first-order valence-corrected chi connectivity index (χ1v) is 10.8. The van der Waals surface area contributed by atoms with Crippen LogP contribution >= 0.6 is 11.3 Å². The van der Waals surface area contributed by atoms with Crippen LogP contribution in [0.4, 0.5) is 23.2 Å². The Kier molecular flexibility index (Phi) is 6.27. The smallest absolute Gasteiger partial charge is 0.368 e. The lowest BCUT2D eigenvalue weighted by atomic mass is 10.1. The highest BCUT2D eigenvalue weighted by Crippen LogP contribution is 2.32. The monoisotopic (exact) mass is 461 g/mol. The molecule has 0 spiro atoms. The quantitative estimate of drug-likeness (QED) is 0.389. The van der Waals surface area contributed by atoms with E-state index in [-0.39, 0.29) is 11.7 Å². The highest BCUT2D eigenvalue weighted by molar-refractivity contribution is 7.13. The summed E-state index contributed by atoms with van der Waals surface area (Å²) in [4.78, 5) is 20.5. The molecule has 1 fully saturated rings. The standard InChI is InChI=1S/C23H19F4N3OS/c24-18-6-4-16(5-7-18)22-28-19(15-32-22)8-9-21(31)30-12-10-29(11-13-30)20-3-1-2-17(14-20)23(25,26)27/h1-9,14-15H,10-13H2. The maximum Gasteiger partial charge on any atom is 0.416 e. The molecule has 0 bridgehead atoms. The number of benzene rings is 2. The van der Waals surface area contributed by atoms with Crippen molar-refractivity contribution in [1.29, 1.82) is 0 Å². The van der Waals surface area contributed by atoms with Gasteiger partial charge in [0.15, 0.2) is 0 Å². The average molecular weight is 461 g/mol. The van der Waals surface area contributed by atoms with Crippen molar-refractivity contribution in [2.24, 2.45) is 0 Å². The van der Waals surface area contributed by atoms with E-state index in [9.17, 15) is 22.4 Å². The fourth-order valence-corrected chi connectivity index (χ4v) is 4.21. The van der Waals surface area contributed by atoms with Crippen LogP contribution in [-0.2, 0) is 11.0 Å². The number of nitrogens with zero attached hydrogens (tertiary/aromatic N) is 3. The fourth-order valence-electron chi connectivity index (χ4n) is 3.41. The van der Waals surface area contributed by atoms with Gasteiger partial charge < -0.3 is 9.80 Å². The minimum absolute atomic E-state index is 0.176. The molecular formula is C23H19F4N3OS. The molecular weight excluding hydrogens is 442 g/mol. The van der Waals surface area contributed by atoms with E-state index >= 15 is 0 Å². The molecule has 2 heterocycles. The first kappa shape index (κ1) is 22.0. The second kappa shape index (κ2) is 9.12. The molecule has 0 radical (unpaired) electrons. The van der Waals surface area contributed by atoms with Crippen molar-refractivity contribution in [1.82, 2.24) is 9.88 Å². The molecule has 4 nitrogen and oxygen atoms in total. The summed E-state index contributed by atoms with van der Waals surface area (Å²) < 4.78 is 51.9. The molecule has 3 aromatic rings. The molecule has 1 aliphatic heterocycles. The van der Waals surface area contributed by atoms with Crippen LogP contribution in [0.3, 0.4) is 0 Å². The van der Waals surface area contributed by atoms with Gasteiger partial charge >= 0.3 is 6.18 Å². The number of piperazine rings is 1. The lowest BCUT2D eigenvalue weighted by molar-refractivity contribution is -0.137. The SMILES string of the molecule is O=C(C=Cc1csc(-c2ccc(F)cc2)n1)N1CCN(c2cccc(C(F)(F)F)c2)CC1. The maximum atomic E-state index is 13.1. The molecule has 2 aromatic carbocycles. The molecule has 0 aliphatic carbocycles. The van der Waals surface area contributed by atoms with E-state index in [0.717, 1.165) is 22.7 Å². The number of carbonyl (C=O) groups is 1. The summed E-state index contributed by atoms with van der Waals surface area (Å²) in [6.07, 6.45) is -1.31. The van der Waals surface area contributed by atoms with Gasteiger partial charge in [-0.15, -0.1) is 11.3 Å². The highest BCUT2D eigenvalue weighted by Gasteiger charge is 2.31. The van der Waals surface area contributed by atoms with Crippen LogP contribution in [0.15, 0.2) is 60.0 Å². The second-order valence-corrected chi connectivity index (χ2v) is 8.14. The van der Waals surface area contributed by atoms with Crippen LogP contribution in [0, 0.1) is 5.82 Å². The summed E-state index contributed by atoms with van der Waals surface area (Å²) in [7, 11) is 0. The molecule has 1 aliphatic rings. The molecule has 0 saturated carbocycles. The van der Waals surface area contributed by atoms with Crippen molar-refractivity contribution < 1.29 is 22.4 Å². The largest absolute Gasteiger partial charge is 0.416 e. The van der Waals surface area contributed by atoms with Crippen LogP contribution in [0.5, 0.6) is 0 Å². The van der Waals surface area contributed by atoms with Gasteiger partial charge in [-0.25, -0.2) is 9.37 Å². The molecule has 0 unspecified atom stereocenters. The zero-order chi connectivity index (χ0) is 22.7. The third-order valence-corrected chi connectivity index (χ3v) is 6.05. The van der Waals surface area contributed by atoms with Gasteiger partial charge in [-0.2, -0.15) is 13.2 Å². The molecule has 1 saturated heterocycles. The Morgan fingerprint density at radius 3 is 2.44 bits per heavy atom. The maximum absolute atomic E-state index is 13.1. The molecule has 1 aromatic heterocycles. The van der Waals surface area contributed by atoms with Gasteiger partial charge in [0.25, 0.3) is 0 Å². The minimum atomic E-state index is -4.38. The Hall–Kier alpha value is -3.20. The number of hydrogen-bond acceptors (Lipinski definition) is 4. The Balaban J connectivity index is 1.34. The van der Waals surface area contributed by atoms with Crippen LogP contribution in [0.1, 0.15) is 11.3 Å². The van der Waals surface area contributed by atoms with Crippen molar-refractivity contribution in [3.8, 4) is 10.6 Å². The Morgan fingerprint density at radius 2 is 1.75 bits per heavy atom. The fraction of sp³-hybridized carbons (Fsp3) is 0.217. The summed E-state index contributed by atoms with van der Waals surface area (Å²) in [5.74, 6) is -0.491. The van der Waals surface area contributed by atoms with Crippen LogP contribution in [-0.4, -0.2) is 42.0 Å². The van der Waals surface area contributed by atoms with Gasteiger partial charge in [-0.05, 0) is 48.5 Å². The summed E-state index contributed by atoms with van der Waals surface area (Å²) in [6.45, 7) is 1.73. The number of aromatic nitrogens is 1. The lowest BCUT2D eigenvalue weighted by Gasteiger charge is -2.35. The van der Waals surface area contributed by atoms with Crippen LogP contribution in [0.2, 0.25) is 0 Å². The van der Waals surface area contributed by atoms with Gasteiger partial charge in [-0.1, -0.05) is 6.07 Å². The predicted molar refractivity (Wildman–Crippen MR) is 117 cm³/mol. The number of anilines is 1. The van der Waals surface area contributed by atoms with Crippen molar-refractivity contribution in [2.45, 2.75) is 6.18 Å². The van der Waals surface area contributed by atoms with E-state index in [4.69, 9.17) is 0 Å². The molecule has 4 rings (SSSR count). The Labute approximate surface area is 186 Å². The third kappa shape index (κ3) is 5.16. The molecule has 0 atom stereocenters. The van der Waals surface area contributed by atoms with E-state index in [1.54, 1.807) is 29.2 Å².